The number of hydrogen-bond donors (Lipinski definition) is 0. The van der Waals surface area contributed by atoms with Crippen molar-refractivity contribution in [2.45, 2.75) is 45.4 Å². The van der Waals surface area contributed by atoms with Crippen LogP contribution in [0, 0.1) is 0 Å². The molecule has 0 fully saturated rings. The maximum atomic E-state index is 2.48. The fourth-order valence-electron chi connectivity index (χ4n) is 9.25. The Morgan fingerprint density at radius 2 is 0.941 bits per heavy atom. The minimum atomic E-state index is -0.105. The van der Waals surface area contributed by atoms with Crippen molar-refractivity contribution in [2.75, 3.05) is 0 Å². The Hall–Kier alpha value is -5.72. The second-order valence-electron chi connectivity index (χ2n) is 16.2. The first-order valence-corrected chi connectivity index (χ1v) is 18.3. The van der Waals surface area contributed by atoms with Crippen molar-refractivity contribution in [3.05, 3.63) is 168 Å². The fourth-order valence-corrected chi connectivity index (χ4v) is 9.25. The van der Waals surface area contributed by atoms with Crippen LogP contribution in [0.25, 0.3) is 87.2 Å². The van der Waals surface area contributed by atoms with Gasteiger partial charge in [-0.3, -0.25) is 0 Å². The summed E-state index contributed by atoms with van der Waals surface area (Å²) in [6.07, 6.45) is 0. The lowest BCUT2D eigenvalue weighted by molar-refractivity contribution is 0.601. The maximum Gasteiger partial charge on any atom is 0.0159 e. The molecule has 1 aliphatic carbocycles. The molecule has 0 nitrogen and oxygen atoms in total. The van der Waals surface area contributed by atoms with Gasteiger partial charge in [0.25, 0.3) is 0 Å². The molecule has 10 rings (SSSR count). The van der Waals surface area contributed by atoms with E-state index in [0.717, 1.165) is 0 Å². The van der Waals surface area contributed by atoms with E-state index in [1.54, 1.807) is 0 Å². The van der Waals surface area contributed by atoms with Gasteiger partial charge >= 0.3 is 0 Å². The van der Waals surface area contributed by atoms with Gasteiger partial charge in [-0.2, -0.15) is 0 Å². The second-order valence-corrected chi connectivity index (χ2v) is 16.2. The average Bonchev–Trinajstić information content (AvgIpc) is 3.35. The highest BCUT2D eigenvalue weighted by Crippen LogP contribution is 2.52. The first kappa shape index (κ1) is 30.1. The molecule has 1 aliphatic rings. The van der Waals surface area contributed by atoms with Crippen LogP contribution in [-0.4, -0.2) is 0 Å². The number of hydrogen-bond acceptors (Lipinski definition) is 0. The third-order valence-electron chi connectivity index (χ3n) is 11.7. The third kappa shape index (κ3) is 4.46. The van der Waals surface area contributed by atoms with Gasteiger partial charge in [0.1, 0.15) is 0 Å². The largest absolute Gasteiger partial charge is 0.0616 e. The number of fused-ring (bicyclic) bond motifs is 8. The lowest BCUT2D eigenvalue weighted by Crippen LogP contribution is -2.15. The summed E-state index contributed by atoms with van der Waals surface area (Å²) in [5.74, 6) is 0. The molecule has 0 atom stereocenters. The number of benzene rings is 9. The zero-order chi connectivity index (χ0) is 34.6. The molecule has 0 heteroatoms. The lowest BCUT2D eigenvalue weighted by atomic mass is 9.77. The van der Waals surface area contributed by atoms with Crippen LogP contribution >= 0.6 is 0 Å². The Balaban J connectivity index is 1.20. The van der Waals surface area contributed by atoms with Gasteiger partial charge in [0, 0.05) is 5.41 Å². The molecule has 0 amide bonds. The topological polar surface area (TPSA) is 0 Å². The van der Waals surface area contributed by atoms with Crippen LogP contribution in [0.3, 0.4) is 0 Å². The second kappa shape index (κ2) is 10.6. The Labute approximate surface area is 300 Å². The van der Waals surface area contributed by atoms with Crippen molar-refractivity contribution < 1.29 is 0 Å². The summed E-state index contributed by atoms with van der Waals surface area (Å²) < 4.78 is 0. The molecule has 0 saturated heterocycles. The normalized spacial score (nSPS) is 13.7. The van der Waals surface area contributed by atoms with Crippen molar-refractivity contribution in [2.24, 2.45) is 0 Å². The van der Waals surface area contributed by atoms with Crippen LogP contribution in [0.1, 0.15) is 51.3 Å². The molecule has 0 spiro atoms. The first-order valence-electron chi connectivity index (χ1n) is 18.3. The van der Waals surface area contributed by atoms with Gasteiger partial charge in [0.2, 0.25) is 0 Å². The summed E-state index contributed by atoms with van der Waals surface area (Å²) in [6.45, 7) is 11.9. The minimum absolute atomic E-state index is 0.0534. The smallest absolute Gasteiger partial charge is 0.0159 e. The van der Waals surface area contributed by atoms with E-state index in [-0.39, 0.29) is 10.8 Å². The average molecular weight is 653 g/mol. The highest BCUT2D eigenvalue weighted by molar-refractivity contribution is 6.19. The van der Waals surface area contributed by atoms with E-state index in [2.05, 4.69) is 186 Å². The van der Waals surface area contributed by atoms with Gasteiger partial charge in [-0.1, -0.05) is 150 Å². The summed E-state index contributed by atoms with van der Waals surface area (Å²) >= 11 is 0. The first-order chi connectivity index (χ1) is 24.7. The molecule has 0 radical (unpaired) electrons. The SMILES string of the molecule is CC(C)(C)c1c2ccccc2c(-c2cccc3ccccc23)c2ccc(-c3ccc4c(c3)C(C)(C)c3cc5cc6ccccc6cc5cc3-4)cc12. The van der Waals surface area contributed by atoms with E-state index in [0.29, 0.717) is 0 Å². The van der Waals surface area contributed by atoms with E-state index < -0.39 is 0 Å². The molecular formula is C51H40. The minimum Gasteiger partial charge on any atom is -0.0616 e. The monoisotopic (exact) mass is 652 g/mol. The van der Waals surface area contributed by atoms with Crippen molar-refractivity contribution in [3.8, 4) is 33.4 Å². The summed E-state index contributed by atoms with van der Waals surface area (Å²) in [5, 5.41) is 13.1. The van der Waals surface area contributed by atoms with Crippen LogP contribution < -0.4 is 0 Å². The fraction of sp³-hybridized carbons (Fsp3) is 0.137. The molecule has 0 unspecified atom stereocenters. The van der Waals surface area contributed by atoms with Crippen LogP contribution in [0.4, 0.5) is 0 Å². The summed E-state index contributed by atoms with van der Waals surface area (Å²) in [5.41, 5.74) is 11.9. The van der Waals surface area contributed by atoms with Crippen LogP contribution in [0.15, 0.2) is 152 Å². The highest BCUT2D eigenvalue weighted by atomic mass is 14.4. The Bertz CT molecular complexity index is 2910. The van der Waals surface area contributed by atoms with E-state index in [1.165, 1.54) is 104 Å². The third-order valence-corrected chi connectivity index (χ3v) is 11.7. The highest BCUT2D eigenvalue weighted by Gasteiger charge is 2.36. The van der Waals surface area contributed by atoms with E-state index >= 15 is 0 Å². The van der Waals surface area contributed by atoms with Gasteiger partial charge in [-0.15, -0.1) is 0 Å². The van der Waals surface area contributed by atoms with E-state index in [4.69, 9.17) is 0 Å². The van der Waals surface area contributed by atoms with Gasteiger partial charge in [-0.05, 0) is 146 Å². The summed E-state index contributed by atoms with van der Waals surface area (Å²) in [7, 11) is 0. The molecular weight excluding hydrogens is 613 g/mol. The molecule has 0 N–H and O–H groups in total. The molecule has 0 aromatic heterocycles. The molecule has 0 aliphatic heterocycles. The van der Waals surface area contributed by atoms with Crippen molar-refractivity contribution in [1.29, 1.82) is 0 Å². The standard InChI is InChI=1S/C51H40/c1-50(2,3)49-43-19-11-10-18-41(43)48(40-20-12-16-31-13-8-9-17-38(31)40)42-24-22-34(27-45(42)49)35-21-23-39-44-28-36-25-32-14-6-7-15-33(32)26-37(36)30-47(44)51(4,5)46(39)29-35/h6-30H,1-5H3. The summed E-state index contributed by atoms with van der Waals surface area (Å²) in [4.78, 5) is 0. The zero-order valence-corrected chi connectivity index (χ0v) is 29.9. The predicted octanol–water partition coefficient (Wildman–Crippen LogP) is 14.4. The molecule has 244 valence electrons. The van der Waals surface area contributed by atoms with Crippen molar-refractivity contribution in [1.82, 2.24) is 0 Å². The Morgan fingerprint density at radius 3 is 1.69 bits per heavy atom. The van der Waals surface area contributed by atoms with Crippen molar-refractivity contribution in [3.63, 3.8) is 0 Å². The van der Waals surface area contributed by atoms with Crippen molar-refractivity contribution >= 4 is 53.9 Å². The van der Waals surface area contributed by atoms with Gasteiger partial charge in [0.15, 0.2) is 0 Å². The lowest BCUT2D eigenvalue weighted by Gasteiger charge is -2.27. The van der Waals surface area contributed by atoms with E-state index in [1.807, 2.05) is 0 Å². The molecule has 9 aromatic carbocycles. The Kier molecular flexibility index (Phi) is 6.29. The van der Waals surface area contributed by atoms with Gasteiger partial charge < -0.3 is 0 Å². The zero-order valence-electron chi connectivity index (χ0n) is 29.9. The molecule has 51 heavy (non-hydrogen) atoms. The number of rotatable bonds is 2. The van der Waals surface area contributed by atoms with Gasteiger partial charge in [-0.25, -0.2) is 0 Å². The van der Waals surface area contributed by atoms with E-state index in [9.17, 15) is 0 Å². The quantitative estimate of drug-likeness (QED) is 0.163. The van der Waals surface area contributed by atoms with Crippen LogP contribution in [0.5, 0.6) is 0 Å². The summed E-state index contributed by atoms with van der Waals surface area (Å²) in [6, 6.07) is 57.3. The molecule has 0 bridgehead atoms. The molecule has 9 aromatic rings. The molecule has 0 heterocycles. The van der Waals surface area contributed by atoms with Crippen LogP contribution in [-0.2, 0) is 10.8 Å². The van der Waals surface area contributed by atoms with Crippen LogP contribution in [0.2, 0.25) is 0 Å². The maximum absolute atomic E-state index is 2.48. The Morgan fingerprint density at radius 1 is 0.373 bits per heavy atom. The van der Waals surface area contributed by atoms with Gasteiger partial charge in [0.05, 0.1) is 0 Å². The predicted molar refractivity (Wildman–Crippen MR) is 221 cm³/mol. The molecule has 0 saturated carbocycles.